The van der Waals surface area contributed by atoms with Crippen LogP contribution in [0.4, 0.5) is 11.4 Å². The summed E-state index contributed by atoms with van der Waals surface area (Å²) in [7, 11) is -3.84. The summed E-state index contributed by atoms with van der Waals surface area (Å²) in [5.74, 6) is 0. The van der Waals surface area contributed by atoms with Crippen molar-refractivity contribution in [3.05, 3.63) is 46.2 Å². The molecule has 0 radical (unpaired) electrons. The number of nitrogens with two attached hydrogens (primary N) is 1. The molecule has 0 saturated heterocycles. The first-order valence-corrected chi connectivity index (χ1v) is 8.09. The lowest BCUT2D eigenvalue weighted by Crippen LogP contribution is -2.18. The van der Waals surface area contributed by atoms with Crippen molar-refractivity contribution in [1.82, 2.24) is 4.98 Å². The average molecular weight is 326 g/mol. The van der Waals surface area contributed by atoms with Crippen LogP contribution in [0, 0.1) is 20.8 Å². The second-order valence-electron chi connectivity index (χ2n) is 4.84. The van der Waals surface area contributed by atoms with Gasteiger partial charge in [0.15, 0.2) is 5.15 Å². The van der Waals surface area contributed by atoms with Crippen LogP contribution in [-0.2, 0) is 10.0 Å². The Morgan fingerprint density at radius 1 is 1.10 bits per heavy atom. The maximum absolute atomic E-state index is 12.6. The molecule has 21 heavy (non-hydrogen) atoms. The van der Waals surface area contributed by atoms with E-state index in [4.69, 9.17) is 17.3 Å². The van der Waals surface area contributed by atoms with Crippen molar-refractivity contribution in [1.29, 1.82) is 0 Å². The maximum atomic E-state index is 12.6. The number of rotatable bonds is 3. The summed E-state index contributed by atoms with van der Waals surface area (Å²) < 4.78 is 27.7. The van der Waals surface area contributed by atoms with Crippen LogP contribution in [0.5, 0.6) is 0 Å². The molecule has 1 heterocycles. The van der Waals surface area contributed by atoms with Crippen LogP contribution in [-0.4, -0.2) is 13.4 Å². The monoisotopic (exact) mass is 325 g/mol. The number of hydrogen-bond donors (Lipinski definition) is 2. The van der Waals surface area contributed by atoms with Gasteiger partial charge in [-0.15, -0.1) is 0 Å². The van der Waals surface area contributed by atoms with Gasteiger partial charge in [-0.2, -0.15) is 0 Å². The van der Waals surface area contributed by atoms with Gasteiger partial charge in [-0.1, -0.05) is 23.7 Å². The normalized spacial score (nSPS) is 11.4. The molecular weight excluding hydrogens is 310 g/mol. The Balaban J connectivity index is 2.57. The Bertz CT molecular complexity index is 784. The molecule has 0 aliphatic heterocycles. The van der Waals surface area contributed by atoms with Gasteiger partial charge < -0.3 is 5.73 Å². The minimum Gasteiger partial charge on any atom is -0.397 e. The van der Waals surface area contributed by atoms with Gasteiger partial charge in [-0.25, -0.2) is 13.4 Å². The fraction of sp³-hybridized carbons (Fsp3) is 0.214. The number of hydrogen-bond acceptors (Lipinski definition) is 4. The van der Waals surface area contributed by atoms with Crippen LogP contribution in [0.15, 0.2) is 29.3 Å². The standard InChI is InChI=1S/C14H16ClN3O2S/c1-8-4-5-10(3)13(11(8)16)21(19,20)18-12-9(2)6-7-17-14(12)15/h4-7,18H,16H2,1-3H3. The zero-order valence-corrected chi connectivity index (χ0v) is 13.5. The van der Waals surface area contributed by atoms with Gasteiger partial charge in [0.05, 0.1) is 11.4 Å². The molecule has 0 fully saturated rings. The summed E-state index contributed by atoms with van der Waals surface area (Å²) in [6.45, 7) is 5.20. The number of nitrogen functional groups attached to an aromatic ring is 1. The van der Waals surface area contributed by atoms with Crippen LogP contribution in [0.1, 0.15) is 16.7 Å². The zero-order chi connectivity index (χ0) is 15.8. The lowest BCUT2D eigenvalue weighted by atomic mass is 10.1. The van der Waals surface area contributed by atoms with E-state index in [1.54, 1.807) is 39.0 Å². The average Bonchev–Trinajstić information content (AvgIpc) is 2.39. The van der Waals surface area contributed by atoms with Crippen molar-refractivity contribution in [3.63, 3.8) is 0 Å². The molecule has 0 aliphatic rings. The van der Waals surface area contributed by atoms with Crippen LogP contribution >= 0.6 is 11.6 Å². The van der Waals surface area contributed by atoms with Gasteiger partial charge in [-0.05, 0) is 43.5 Å². The largest absolute Gasteiger partial charge is 0.397 e. The molecule has 0 unspecified atom stereocenters. The Morgan fingerprint density at radius 3 is 2.33 bits per heavy atom. The Hall–Kier alpha value is -1.79. The molecule has 2 rings (SSSR count). The summed E-state index contributed by atoms with van der Waals surface area (Å²) in [5, 5.41) is 0.0995. The van der Waals surface area contributed by atoms with E-state index in [0.717, 1.165) is 0 Å². The van der Waals surface area contributed by atoms with Gasteiger partial charge in [0, 0.05) is 6.20 Å². The molecule has 7 heteroatoms. The summed E-state index contributed by atoms with van der Waals surface area (Å²) in [5.41, 5.74) is 8.39. The summed E-state index contributed by atoms with van der Waals surface area (Å²) in [4.78, 5) is 3.96. The van der Waals surface area contributed by atoms with Gasteiger partial charge in [0.2, 0.25) is 0 Å². The van der Waals surface area contributed by atoms with E-state index >= 15 is 0 Å². The first-order valence-electron chi connectivity index (χ1n) is 6.23. The maximum Gasteiger partial charge on any atom is 0.264 e. The molecule has 0 atom stereocenters. The van der Waals surface area contributed by atoms with Crippen LogP contribution in [0.3, 0.4) is 0 Å². The third kappa shape index (κ3) is 2.96. The quantitative estimate of drug-likeness (QED) is 0.671. The van der Waals surface area contributed by atoms with Crippen molar-refractivity contribution in [2.45, 2.75) is 25.7 Å². The number of nitrogens with zero attached hydrogens (tertiary/aromatic N) is 1. The number of anilines is 2. The number of halogens is 1. The molecule has 0 spiro atoms. The predicted octanol–water partition coefficient (Wildman–Crippen LogP) is 3.04. The van der Waals surface area contributed by atoms with Gasteiger partial charge in [-0.3, -0.25) is 4.72 Å². The van der Waals surface area contributed by atoms with Crippen molar-refractivity contribution in [3.8, 4) is 0 Å². The summed E-state index contributed by atoms with van der Waals surface area (Å²) in [6, 6.07) is 5.18. The fourth-order valence-corrected chi connectivity index (χ4v) is 3.88. The first kappa shape index (κ1) is 15.6. The lowest BCUT2D eigenvalue weighted by Gasteiger charge is -2.15. The third-order valence-corrected chi connectivity index (χ3v) is 5.07. The van der Waals surface area contributed by atoms with Gasteiger partial charge in [0.25, 0.3) is 10.0 Å². The molecule has 112 valence electrons. The SMILES string of the molecule is Cc1ccc(C)c(S(=O)(=O)Nc2c(C)ccnc2Cl)c1N. The van der Waals surface area contributed by atoms with E-state index in [0.29, 0.717) is 16.7 Å². The van der Waals surface area contributed by atoms with Gasteiger partial charge in [0.1, 0.15) is 4.90 Å². The predicted molar refractivity (Wildman–Crippen MR) is 85.1 cm³/mol. The molecular formula is C14H16ClN3O2S. The summed E-state index contributed by atoms with van der Waals surface area (Å²) in [6.07, 6.45) is 1.52. The molecule has 3 N–H and O–H groups in total. The van der Waals surface area contributed by atoms with Crippen molar-refractivity contribution in [2.75, 3.05) is 10.5 Å². The van der Waals surface area contributed by atoms with E-state index in [9.17, 15) is 8.42 Å². The van der Waals surface area contributed by atoms with E-state index in [1.165, 1.54) is 6.20 Å². The molecule has 2 aromatic rings. The second kappa shape index (κ2) is 5.54. The molecule has 0 aliphatic carbocycles. The Labute approximate surface area is 129 Å². The van der Waals surface area contributed by atoms with Crippen LogP contribution in [0.2, 0.25) is 5.15 Å². The molecule has 0 bridgehead atoms. The highest BCUT2D eigenvalue weighted by Crippen LogP contribution is 2.30. The highest BCUT2D eigenvalue weighted by Gasteiger charge is 2.23. The Kier molecular flexibility index (Phi) is 4.11. The summed E-state index contributed by atoms with van der Waals surface area (Å²) >= 11 is 5.96. The molecule has 1 aromatic heterocycles. The molecule has 1 aromatic carbocycles. The smallest absolute Gasteiger partial charge is 0.264 e. The number of sulfonamides is 1. The van der Waals surface area contributed by atoms with E-state index in [2.05, 4.69) is 9.71 Å². The first-order chi connectivity index (χ1) is 9.74. The molecule has 5 nitrogen and oxygen atoms in total. The highest BCUT2D eigenvalue weighted by atomic mass is 35.5. The number of aromatic nitrogens is 1. The molecule has 0 saturated carbocycles. The number of aryl methyl sites for hydroxylation is 3. The zero-order valence-electron chi connectivity index (χ0n) is 11.9. The van der Waals surface area contributed by atoms with Crippen molar-refractivity contribution >= 4 is 33.0 Å². The van der Waals surface area contributed by atoms with E-state index in [-0.39, 0.29) is 21.4 Å². The van der Waals surface area contributed by atoms with Crippen LogP contribution < -0.4 is 10.5 Å². The minimum atomic E-state index is -3.84. The Morgan fingerprint density at radius 2 is 1.71 bits per heavy atom. The van der Waals surface area contributed by atoms with E-state index in [1.807, 2.05) is 0 Å². The fourth-order valence-electron chi connectivity index (χ4n) is 2.00. The highest BCUT2D eigenvalue weighted by molar-refractivity contribution is 7.93. The number of nitrogens with one attached hydrogen (secondary N) is 1. The lowest BCUT2D eigenvalue weighted by molar-refractivity contribution is 0.601. The van der Waals surface area contributed by atoms with Crippen LogP contribution in [0.25, 0.3) is 0 Å². The topological polar surface area (TPSA) is 85.1 Å². The number of benzene rings is 1. The van der Waals surface area contributed by atoms with Crippen molar-refractivity contribution in [2.24, 2.45) is 0 Å². The van der Waals surface area contributed by atoms with Crippen molar-refractivity contribution < 1.29 is 8.42 Å². The van der Waals surface area contributed by atoms with Gasteiger partial charge >= 0.3 is 0 Å². The third-order valence-electron chi connectivity index (χ3n) is 3.23. The number of pyridine rings is 1. The molecule has 0 amide bonds. The minimum absolute atomic E-state index is 0.0711. The van der Waals surface area contributed by atoms with E-state index < -0.39 is 10.0 Å². The second-order valence-corrected chi connectivity index (χ2v) is 6.82.